The maximum Gasteiger partial charge on any atom is 0.410 e. The summed E-state index contributed by atoms with van der Waals surface area (Å²) in [6, 6.07) is 3.89. The summed E-state index contributed by atoms with van der Waals surface area (Å²) in [6.45, 7) is 3.81. The minimum Gasteiger partial charge on any atom is -0.439 e. The summed E-state index contributed by atoms with van der Waals surface area (Å²) in [7, 11) is 1.73. The summed E-state index contributed by atoms with van der Waals surface area (Å²) in [5.74, 6) is 1.05. The molecule has 0 aromatic carbocycles. The molecular formula is C14H18N2O3S2. The molecule has 1 aromatic rings. The lowest BCUT2D eigenvalue weighted by molar-refractivity contribution is 0.0555. The van der Waals surface area contributed by atoms with E-state index in [1.54, 1.807) is 28.6 Å². The van der Waals surface area contributed by atoms with Gasteiger partial charge in [-0.25, -0.2) is 4.79 Å². The van der Waals surface area contributed by atoms with Gasteiger partial charge < -0.3 is 14.5 Å². The molecule has 5 nitrogen and oxygen atoms in total. The largest absolute Gasteiger partial charge is 0.439 e. The highest BCUT2D eigenvalue weighted by Crippen LogP contribution is 2.34. The third-order valence-electron chi connectivity index (χ3n) is 3.82. The van der Waals surface area contributed by atoms with E-state index in [0.29, 0.717) is 19.6 Å². The minimum atomic E-state index is -0.500. The van der Waals surface area contributed by atoms with Gasteiger partial charge in [0.1, 0.15) is 0 Å². The van der Waals surface area contributed by atoms with E-state index in [1.165, 1.54) is 15.5 Å². The van der Waals surface area contributed by atoms with Crippen molar-refractivity contribution in [1.29, 1.82) is 0 Å². The Morgan fingerprint density at radius 1 is 1.48 bits per heavy atom. The average Bonchev–Trinajstić information content (AvgIpc) is 3.12. The van der Waals surface area contributed by atoms with Gasteiger partial charge in [0, 0.05) is 20.0 Å². The summed E-state index contributed by atoms with van der Waals surface area (Å²) in [6.07, 6.45) is 0.429. The summed E-state index contributed by atoms with van der Waals surface area (Å²) >= 11 is 3.29. The zero-order valence-corrected chi connectivity index (χ0v) is 13.8. The number of rotatable bonds is 3. The van der Waals surface area contributed by atoms with Gasteiger partial charge in [-0.3, -0.25) is 4.79 Å². The second kappa shape index (κ2) is 5.53. The first-order chi connectivity index (χ1) is 10.0. The molecule has 1 atom stereocenters. The third-order valence-corrected chi connectivity index (χ3v) is 6.00. The molecule has 2 fully saturated rings. The first-order valence-electron chi connectivity index (χ1n) is 6.99. The summed E-state index contributed by atoms with van der Waals surface area (Å²) in [4.78, 5) is 28.2. The molecule has 0 saturated carbocycles. The molecule has 7 heteroatoms. The van der Waals surface area contributed by atoms with Crippen molar-refractivity contribution in [3.05, 3.63) is 17.0 Å². The van der Waals surface area contributed by atoms with Gasteiger partial charge in [-0.2, -0.15) is 0 Å². The first-order valence-corrected chi connectivity index (χ1v) is 8.79. The lowest BCUT2D eigenvalue weighted by Crippen LogP contribution is -2.38. The predicted molar refractivity (Wildman–Crippen MR) is 83.1 cm³/mol. The van der Waals surface area contributed by atoms with Crippen LogP contribution in [0.25, 0.3) is 0 Å². The van der Waals surface area contributed by atoms with Crippen LogP contribution < -0.4 is 0 Å². The van der Waals surface area contributed by atoms with Gasteiger partial charge in [-0.15, -0.1) is 23.1 Å². The smallest absolute Gasteiger partial charge is 0.410 e. The van der Waals surface area contributed by atoms with Crippen molar-refractivity contribution in [2.45, 2.75) is 23.2 Å². The van der Waals surface area contributed by atoms with Gasteiger partial charge in [-0.05, 0) is 17.9 Å². The molecule has 0 N–H and O–H groups in total. The van der Waals surface area contributed by atoms with Crippen LogP contribution in [0.15, 0.2) is 16.3 Å². The van der Waals surface area contributed by atoms with Crippen molar-refractivity contribution in [1.82, 2.24) is 9.80 Å². The third kappa shape index (κ3) is 2.76. The SMILES string of the molecule is CCSc1ccc(C(=O)N2CC[C@]3(CN(C)C(=O)O3)C2)s1. The number of hydrogen-bond acceptors (Lipinski definition) is 5. The molecule has 1 spiro atoms. The number of ether oxygens (including phenoxy) is 1. The summed E-state index contributed by atoms with van der Waals surface area (Å²) in [5.41, 5.74) is -0.500. The van der Waals surface area contributed by atoms with Crippen LogP contribution in [0.1, 0.15) is 23.0 Å². The Kier molecular flexibility index (Phi) is 3.88. The van der Waals surface area contributed by atoms with Gasteiger partial charge in [-0.1, -0.05) is 6.92 Å². The van der Waals surface area contributed by atoms with Crippen molar-refractivity contribution in [3.8, 4) is 0 Å². The second-order valence-electron chi connectivity index (χ2n) is 5.44. The number of amides is 2. The van der Waals surface area contributed by atoms with Gasteiger partial charge in [0.2, 0.25) is 0 Å². The molecule has 114 valence electrons. The van der Waals surface area contributed by atoms with E-state index in [4.69, 9.17) is 4.74 Å². The van der Waals surface area contributed by atoms with Crippen LogP contribution in [0.5, 0.6) is 0 Å². The fraction of sp³-hybridized carbons (Fsp3) is 0.571. The lowest BCUT2D eigenvalue weighted by atomic mass is 10.0. The highest BCUT2D eigenvalue weighted by atomic mass is 32.2. The van der Waals surface area contributed by atoms with Gasteiger partial charge in [0.25, 0.3) is 5.91 Å². The summed E-state index contributed by atoms with van der Waals surface area (Å²) < 4.78 is 6.64. The van der Waals surface area contributed by atoms with Crippen LogP contribution in [0.4, 0.5) is 4.79 Å². The Labute approximate surface area is 132 Å². The van der Waals surface area contributed by atoms with E-state index in [0.717, 1.165) is 17.1 Å². The maximum atomic E-state index is 12.5. The first kappa shape index (κ1) is 14.7. The molecular weight excluding hydrogens is 308 g/mol. The Hall–Kier alpha value is -1.21. The van der Waals surface area contributed by atoms with Crippen molar-refractivity contribution in [2.75, 3.05) is 32.4 Å². The average molecular weight is 326 g/mol. The summed E-state index contributed by atoms with van der Waals surface area (Å²) in [5, 5.41) is 0. The minimum absolute atomic E-state index is 0.0467. The molecule has 21 heavy (non-hydrogen) atoms. The van der Waals surface area contributed by atoms with Gasteiger partial charge in [0.15, 0.2) is 5.60 Å². The molecule has 0 unspecified atom stereocenters. The monoisotopic (exact) mass is 326 g/mol. The van der Waals surface area contributed by atoms with E-state index in [2.05, 4.69) is 6.92 Å². The lowest BCUT2D eigenvalue weighted by Gasteiger charge is -2.21. The van der Waals surface area contributed by atoms with Crippen molar-refractivity contribution >= 4 is 35.1 Å². The molecule has 2 saturated heterocycles. The molecule has 0 radical (unpaired) electrons. The van der Waals surface area contributed by atoms with Crippen LogP contribution in [-0.2, 0) is 4.74 Å². The quantitative estimate of drug-likeness (QED) is 0.801. The number of carbonyl (C=O) groups is 2. The Morgan fingerprint density at radius 2 is 2.29 bits per heavy atom. The molecule has 2 aliphatic rings. The Morgan fingerprint density at radius 3 is 2.95 bits per heavy atom. The highest BCUT2D eigenvalue weighted by molar-refractivity contribution is 8.01. The maximum absolute atomic E-state index is 12.5. The van der Waals surface area contributed by atoms with Crippen LogP contribution >= 0.6 is 23.1 Å². The zero-order valence-electron chi connectivity index (χ0n) is 12.1. The van der Waals surface area contributed by atoms with Crippen molar-refractivity contribution in [3.63, 3.8) is 0 Å². The van der Waals surface area contributed by atoms with Crippen LogP contribution in [0.2, 0.25) is 0 Å². The molecule has 3 heterocycles. The standard InChI is InChI=1S/C14H18N2O3S2/c1-3-20-11-5-4-10(21-11)12(17)16-7-6-14(9-16)8-15(2)13(18)19-14/h4-5H,3,6-9H2,1-2H3/t14-/m0/s1. The second-order valence-corrected chi connectivity index (χ2v) is 8.08. The molecule has 1 aromatic heterocycles. The number of likely N-dealkylation sites (tertiary alicyclic amines) is 1. The van der Waals surface area contributed by atoms with E-state index >= 15 is 0 Å². The number of thiophene rings is 1. The Bertz CT molecular complexity index is 574. The number of thioether (sulfide) groups is 1. The fourth-order valence-electron chi connectivity index (χ4n) is 2.83. The fourth-order valence-corrected chi connectivity index (χ4v) is 4.85. The molecule has 2 aliphatic heterocycles. The predicted octanol–water partition coefficient (Wildman–Crippen LogP) is 2.53. The zero-order chi connectivity index (χ0) is 15.0. The van der Waals surface area contributed by atoms with Gasteiger partial charge in [0.05, 0.1) is 22.2 Å². The van der Waals surface area contributed by atoms with Crippen LogP contribution in [-0.4, -0.2) is 59.8 Å². The molecule has 3 rings (SSSR count). The van der Waals surface area contributed by atoms with E-state index in [-0.39, 0.29) is 12.0 Å². The Balaban J connectivity index is 1.68. The highest BCUT2D eigenvalue weighted by Gasteiger charge is 2.49. The molecule has 0 bridgehead atoms. The van der Waals surface area contributed by atoms with Crippen molar-refractivity contribution in [2.24, 2.45) is 0 Å². The molecule has 2 amide bonds. The van der Waals surface area contributed by atoms with Crippen LogP contribution in [0.3, 0.4) is 0 Å². The topological polar surface area (TPSA) is 49.9 Å². The van der Waals surface area contributed by atoms with E-state index in [9.17, 15) is 9.59 Å². The number of likely N-dealkylation sites (N-methyl/N-ethyl adjacent to an activating group) is 1. The van der Waals surface area contributed by atoms with Gasteiger partial charge >= 0.3 is 6.09 Å². The number of nitrogens with zero attached hydrogens (tertiary/aromatic N) is 2. The number of carbonyl (C=O) groups excluding carboxylic acids is 2. The van der Waals surface area contributed by atoms with E-state index < -0.39 is 5.60 Å². The van der Waals surface area contributed by atoms with E-state index in [1.807, 2.05) is 12.1 Å². The van der Waals surface area contributed by atoms with Crippen LogP contribution in [0, 0.1) is 0 Å². The van der Waals surface area contributed by atoms with Crippen molar-refractivity contribution < 1.29 is 14.3 Å². The number of hydrogen-bond donors (Lipinski definition) is 0. The normalized spacial score (nSPS) is 25.0. The molecule has 0 aliphatic carbocycles.